The van der Waals surface area contributed by atoms with Crippen LogP contribution in [0.4, 0.5) is 11.4 Å². The quantitative estimate of drug-likeness (QED) is 0.632. The van der Waals surface area contributed by atoms with Crippen LogP contribution in [0.25, 0.3) is 0 Å². The summed E-state index contributed by atoms with van der Waals surface area (Å²) in [5.74, 6) is -0.288. The molecule has 2 fully saturated rings. The van der Waals surface area contributed by atoms with E-state index in [0.717, 1.165) is 64.5 Å². The lowest BCUT2D eigenvalue weighted by Gasteiger charge is -2.26. The number of hydrogen-bond donors (Lipinski definition) is 2. The van der Waals surface area contributed by atoms with E-state index in [0.29, 0.717) is 23.4 Å². The molecule has 2 amide bonds. The van der Waals surface area contributed by atoms with Crippen molar-refractivity contribution in [1.82, 2.24) is 10.2 Å². The van der Waals surface area contributed by atoms with Gasteiger partial charge in [0.25, 0.3) is 11.8 Å². The topological polar surface area (TPSA) is 73.9 Å². The standard InChI is InChI=1S/C28H38N4O3/c1-28(2,3)22-8-6-21(7-9-22)26(33)30-23-10-11-25(32-13-4-5-14-32)24(20-23)27(34)29-12-15-31-16-18-35-19-17-31/h6-11,20H,4-5,12-19H2,1-3H3,(H,29,34)(H,30,33). The fourth-order valence-corrected chi connectivity index (χ4v) is 4.60. The molecule has 2 heterocycles. The molecule has 0 spiro atoms. The molecule has 0 aliphatic carbocycles. The molecule has 0 saturated carbocycles. The van der Waals surface area contributed by atoms with Crippen molar-refractivity contribution in [2.45, 2.75) is 39.0 Å². The minimum absolute atomic E-state index is 0.0322. The molecule has 0 aromatic heterocycles. The first-order valence-electron chi connectivity index (χ1n) is 12.7. The Bertz CT molecular complexity index is 1020. The summed E-state index contributed by atoms with van der Waals surface area (Å²) in [7, 11) is 0. The Labute approximate surface area is 208 Å². The second kappa shape index (κ2) is 11.2. The third kappa shape index (κ3) is 6.61. The van der Waals surface area contributed by atoms with Crippen LogP contribution >= 0.6 is 0 Å². The van der Waals surface area contributed by atoms with E-state index < -0.39 is 0 Å². The Morgan fingerprint density at radius 3 is 2.26 bits per heavy atom. The molecular weight excluding hydrogens is 440 g/mol. The summed E-state index contributed by atoms with van der Waals surface area (Å²) in [6, 6.07) is 13.4. The zero-order valence-electron chi connectivity index (χ0n) is 21.2. The second-order valence-electron chi connectivity index (χ2n) is 10.4. The molecule has 2 aliphatic heterocycles. The normalized spacial score (nSPS) is 16.8. The van der Waals surface area contributed by atoms with Crippen molar-refractivity contribution in [3.63, 3.8) is 0 Å². The van der Waals surface area contributed by atoms with Crippen LogP contribution in [0.1, 0.15) is 59.9 Å². The van der Waals surface area contributed by atoms with Gasteiger partial charge in [-0.3, -0.25) is 14.5 Å². The summed E-state index contributed by atoms with van der Waals surface area (Å²) in [4.78, 5) is 30.7. The number of nitrogens with zero attached hydrogens (tertiary/aromatic N) is 2. The first-order valence-corrected chi connectivity index (χ1v) is 12.7. The zero-order valence-corrected chi connectivity index (χ0v) is 21.2. The minimum Gasteiger partial charge on any atom is -0.379 e. The fourth-order valence-electron chi connectivity index (χ4n) is 4.60. The molecular formula is C28H38N4O3. The van der Waals surface area contributed by atoms with Crippen LogP contribution in [0.3, 0.4) is 0 Å². The second-order valence-corrected chi connectivity index (χ2v) is 10.4. The smallest absolute Gasteiger partial charge is 0.255 e. The number of ether oxygens (including phenoxy) is 1. The van der Waals surface area contributed by atoms with Crippen molar-refractivity contribution in [3.8, 4) is 0 Å². The molecule has 2 saturated heterocycles. The van der Waals surface area contributed by atoms with Gasteiger partial charge in [0.05, 0.1) is 18.8 Å². The predicted octanol–water partition coefficient (Wildman–Crippen LogP) is 3.90. The first-order chi connectivity index (χ1) is 16.8. The molecule has 188 valence electrons. The van der Waals surface area contributed by atoms with Gasteiger partial charge < -0.3 is 20.3 Å². The Kier molecular flexibility index (Phi) is 8.08. The van der Waals surface area contributed by atoms with Gasteiger partial charge in [-0.25, -0.2) is 0 Å². The zero-order chi connectivity index (χ0) is 24.8. The number of carbonyl (C=O) groups is 2. The lowest BCUT2D eigenvalue weighted by Crippen LogP contribution is -2.41. The average Bonchev–Trinajstić information content (AvgIpc) is 3.39. The summed E-state index contributed by atoms with van der Waals surface area (Å²) in [6.07, 6.45) is 2.25. The highest BCUT2D eigenvalue weighted by Gasteiger charge is 2.21. The lowest BCUT2D eigenvalue weighted by molar-refractivity contribution is 0.0383. The van der Waals surface area contributed by atoms with Crippen molar-refractivity contribution in [2.75, 3.05) is 62.7 Å². The van der Waals surface area contributed by atoms with E-state index in [1.807, 2.05) is 36.4 Å². The highest BCUT2D eigenvalue weighted by Crippen LogP contribution is 2.28. The van der Waals surface area contributed by atoms with Crippen LogP contribution < -0.4 is 15.5 Å². The largest absolute Gasteiger partial charge is 0.379 e. The molecule has 0 bridgehead atoms. The highest BCUT2D eigenvalue weighted by atomic mass is 16.5. The number of hydrogen-bond acceptors (Lipinski definition) is 5. The van der Waals surface area contributed by atoms with Gasteiger partial charge in [0, 0.05) is 56.2 Å². The summed E-state index contributed by atoms with van der Waals surface area (Å²) < 4.78 is 5.40. The molecule has 7 nitrogen and oxygen atoms in total. The van der Waals surface area contributed by atoms with Crippen LogP contribution in [0.2, 0.25) is 0 Å². The Balaban J connectivity index is 1.46. The van der Waals surface area contributed by atoms with Gasteiger partial charge in [0.2, 0.25) is 0 Å². The Morgan fingerprint density at radius 1 is 0.914 bits per heavy atom. The molecule has 2 aliphatic rings. The number of anilines is 2. The van der Waals surface area contributed by atoms with Crippen LogP contribution in [0.5, 0.6) is 0 Å². The highest BCUT2D eigenvalue weighted by molar-refractivity contribution is 6.06. The maximum absolute atomic E-state index is 13.2. The molecule has 2 aromatic rings. The summed E-state index contributed by atoms with van der Waals surface area (Å²) in [6.45, 7) is 13.0. The van der Waals surface area contributed by atoms with E-state index >= 15 is 0 Å². The SMILES string of the molecule is CC(C)(C)c1ccc(C(=O)Nc2ccc(N3CCCC3)c(C(=O)NCCN3CCOCC3)c2)cc1. The summed E-state index contributed by atoms with van der Waals surface area (Å²) >= 11 is 0. The van der Waals surface area contributed by atoms with Crippen LogP contribution in [0, 0.1) is 0 Å². The maximum atomic E-state index is 13.2. The van der Waals surface area contributed by atoms with Crippen LogP contribution in [-0.2, 0) is 10.2 Å². The first kappa shape index (κ1) is 25.2. The van der Waals surface area contributed by atoms with E-state index in [2.05, 4.69) is 41.2 Å². The summed E-state index contributed by atoms with van der Waals surface area (Å²) in [5.41, 5.74) is 3.97. The van der Waals surface area contributed by atoms with Gasteiger partial charge >= 0.3 is 0 Å². The Morgan fingerprint density at radius 2 is 1.60 bits per heavy atom. The van der Waals surface area contributed by atoms with E-state index in [9.17, 15) is 9.59 Å². The minimum atomic E-state index is -0.182. The number of nitrogens with one attached hydrogen (secondary N) is 2. The molecule has 0 radical (unpaired) electrons. The van der Waals surface area contributed by atoms with Gasteiger partial charge in [0.15, 0.2) is 0 Å². The predicted molar refractivity (Wildman–Crippen MR) is 141 cm³/mol. The fraction of sp³-hybridized carbons (Fsp3) is 0.500. The molecule has 2 aromatic carbocycles. The molecule has 35 heavy (non-hydrogen) atoms. The van der Waals surface area contributed by atoms with E-state index in [-0.39, 0.29) is 17.2 Å². The number of amides is 2. The van der Waals surface area contributed by atoms with Crippen molar-refractivity contribution in [1.29, 1.82) is 0 Å². The molecule has 2 N–H and O–H groups in total. The van der Waals surface area contributed by atoms with Gasteiger partial charge in [-0.1, -0.05) is 32.9 Å². The maximum Gasteiger partial charge on any atom is 0.255 e. The van der Waals surface area contributed by atoms with Gasteiger partial charge in [-0.05, 0) is 54.2 Å². The number of rotatable bonds is 7. The monoisotopic (exact) mass is 478 g/mol. The van der Waals surface area contributed by atoms with E-state index in [4.69, 9.17) is 4.74 Å². The van der Waals surface area contributed by atoms with Crippen molar-refractivity contribution >= 4 is 23.2 Å². The molecule has 0 atom stereocenters. The number of morpholine rings is 1. The molecule has 7 heteroatoms. The molecule has 4 rings (SSSR count). The van der Waals surface area contributed by atoms with Gasteiger partial charge in [-0.2, -0.15) is 0 Å². The number of benzene rings is 2. The summed E-state index contributed by atoms with van der Waals surface area (Å²) in [5, 5.41) is 6.06. The number of carbonyl (C=O) groups excluding carboxylic acids is 2. The third-order valence-electron chi connectivity index (χ3n) is 6.78. The Hall–Kier alpha value is -2.90. The van der Waals surface area contributed by atoms with Crippen molar-refractivity contribution < 1.29 is 14.3 Å². The van der Waals surface area contributed by atoms with Crippen LogP contribution in [0.15, 0.2) is 42.5 Å². The average molecular weight is 479 g/mol. The van der Waals surface area contributed by atoms with Gasteiger partial charge in [-0.15, -0.1) is 0 Å². The van der Waals surface area contributed by atoms with E-state index in [1.54, 1.807) is 6.07 Å². The van der Waals surface area contributed by atoms with Crippen molar-refractivity contribution in [3.05, 3.63) is 59.2 Å². The van der Waals surface area contributed by atoms with Gasteiger partial charge in [0.1, 0.15) is 0 Å². The lowest BCUT2D eigenvalue weighted by atomic mass is 9.87. The third-order valence-corrected chi connectivity index (χ3v) is 6.78. The van der Waals surface area contributed by atoms with Crippen LogP contribution in [-0.4, -0.2) is 69.2 Å². The van der Waals surface area contributed by atoms with E-state index in [1.165, 1.54) is 5.56 Å². The molecule has 0 unspecified atom stereocenters. The van der Waals surface area contributed by atoms with Crippen molar-refractivity contribution in [2.24, 2.45) is 0 Å².